The van der Waals surface area contributed by atoms with E-state index >= 15 is 0 Å². The molecule has 1 aliphatic rings. The van der Waals surface area contributed by atoms with E-state index in [1.54, 1.807) is 0 Å². The van der Waals surface area contributed by atoms with Gasteiger partial charge in [-0.1, -0.05) is 30.3 Å². The molecule has 136 valence electrons. The second kappa shape index (κ2) is 6.88. The van der Waals surface area contributed by atoms with Crippen molar-refractivity contribution in [3.8, 4) is 0 Å². The van der Waals surface area contributed by atoms with Gasteiger partial charge in [-0.3, -0.25) is 0 Å². The van der Waals surface area contributed by atoms with Gasteiger partial charge < -0.3 is 10.0 Å². The molecule has 2 aromatic carbocycles. The molecule has 1 aromatic heterocycles. The predicted molar refractivity (Wildman–Crippen MR) is 110 cm³/mol. The Morgan fingerprint density at radius 2 is 1.81 bits per heavy atom. The third-order valence-corrected chi connectivity index (χ3v) is 5.13. The Labute approximate surface area is 158 Å². The molecule has 0 atom stereocenters. The van der Waals surface area contributed by atoms with Crippen molar-refractivity contribution in [1.82, 2.24) is 4.98 Å². The number of carboxylic acid groups (broad SMARTS) is 1. The number of nitrogens with zero attached hydrogens (tertiary/aromatic N) is 2. The Balaban J connectivity index is 1.87. The maximum atomic E-state index is 12.0. The average molecular weight is 358 g/mol. The second-order valence-corrected chi connectivity index (χ2v) is 7.15. The van der Waals surface area contributed by atoms with E-state index in [1.807, 2.05) is 38.4 Å². The van der Waals surface area contributed by atoms with Gasteiger partial charge >= 0.3 is 5.97 Å². The molecule has 0 unspecified atom stereocenters. The van der Waals surface area contributed by atoms with Gasteiger partial charge in [-0.05, 0) is 60.2 Å². The number of hydrogen-bond donors (Lipinski definition) is 1. The number of benzene rings is 2. The summed E-state index contributed by atoms with van der Waals surface area (Å²) < 4.78 is 0. The van der Waals surface area contributed by atoms with E-state index in [1.165, 1.54) is 0 Å². The molecule has 0 amide bonds. The fourth-order valence-corrected chi connectivity index (χ4v) is 3.79. The molecule has 4 nitrogen and oxygen atoms in total. The van der Waals surface area contributed by atoms with Crippen LogP contribution in [0.15, 0.2) is 48.5 Å². The van der Waals surface area contributed by atoms with Gasteiger partial charge in [0.2, 0.25) is 0 Å². The number of allylic oxidation sites excluding steroid dienone is 1. The first-order chi connectivity index (χ1) is 13.0. The van der Waals surface area contributed by atoms with Crippen LogP contribution >= 0.6 is 0 Å². The SMILES string of the molecule is CN(C)c1ccc(/C=C2/CCCc3c2nc2ccccc2c3C(=O)O)cc1. The van der Waals surface area contributed by atoms with Crippen molar-refractivity contribution in [2.24, 2.45) is 0 Å². The minimum absolute atomic E-state index is 0.407. The largest absolute Gasteiger partial charge is 0.478 e. The molecule has 1 heterocycles. The molecule has 4 heteroatoms. The maximum Gasteiger partial charge on any atom is 0.336 e. The average Bonchev–Trinajstić information content (AvgIpc) is 2.66. The molecule has 1 N–H and O–H groups in total. The normalized spacial score (nSPS) is 15.0. The molecule has 27 heavy (non-hydrogen) atoms. The molecule has 0 saturated carbocycles. The van der Waals surface area contributed by atoms with Crippen molar-refractivity contribution in [1.29, 1.82) is 0 Å². The highest BCUT2D eigenvalue weighted by atomic mass is 16.4. The van der Waals surface area contributed by atoms with Crippen LogP contribution in [-0.2, 0) is 6.42 Å². The highest BCUT2D eigenvalue weighted by Gasteiger charge is 2.24. The second-order valence-electron chi connectivity index (χ2n) is 7.15. The van der Waals surface area contributed by atoms with Crippen molar-refractivity contribution in [2.75, 3.05) is 19.0 Å². The molecule has 4 rings (SSSR count). The van der Waals surface area contributed by atoms with E-state index < -0.39 is 5.97 Å². The van der Waals surface area contributed by atoms with Gasteiger partial charge in [0, 0.05) is 25.2 Å². The zero-order valence-electron chi connectivity index (χ0n) is 15.6. The van der Waals surface area contributed by atoms with Gasteiger partial charge in [0.05, 0.1) is 16.8 Å². The smallest absolute Gasteiger partial charge is 0.336 e. The van der Waals surface area contributed by atoms with Crippen LogP contribution in [0.2, 0.25) is 0 Å². The maximum absolute atomic E-state index is 12.0. The summed E-state index contributed by atoms with van der Waals surface area (Å²) in [7, 11) is 4.04. The van der Waals surface area contributed by atoms with E-state index in [-0.39, 0.29) is 0 Å². The number of para-hydroxylation sites is 1. The number of rotatable bonds is 3. The highest BCUT2D eigenvalue weighted by molar-refractivity contribution is 6.05. The summed E-state index contributed by atoms with van der Waals surface area (Å²) in [5.41, 5.74) is 6.22. The summed E-state index contributed by atoms with van der Waals surface area (Å²) >= 11 is 0. The van der Waals surface area contributed by atoms with Gasteiger partial charge in [-0.15, -0.1) is 0 Å². The van der Waals surface area contributed by atoms with Crippen LogP contribution in [0.4, 0.5) is 5.69 Å². The monoisotopic (exact) mass is 358 g/mol. The van der Waals surface area contributed by atoms with Crippen LogP contribution in [0.5, 0.6) is 0 Å². The van der Waals surface area contributed by atoms with Gasteiger partial charge in [-0.2, -0.15) is 0 Å². The van der Waals surface area contributed by atoms with Crippen molar-refractivity contribution in [3.05, 3.63) is 70.9 Å². The first-order valence-corrected chi connectivity index (χ1v) is 9.18. The quantitative estimate of drug-likeness (QED) is 0.725. The molecule has 0 bridgehead atoms. The van der Waals surface area contributed by atoms with Crippen molar-refractivity contribution in [3.63, 3.8) is 0 Å². The zero-order chi connectivity index (χ0) is 19.0. The number of carbonyl (C=O) groups is 1. The van der Waals surface area contributed by atoms with Crippen LogP contribution in [0.25, 0.3) is 22.6 Å². The summed E-state index contributed by atoms with van der Waals surface area (Å²) in [6, 6.07) is 15.9. The zero-order valence-corrected chi connectivity index (χ0v) is 15.6. The van der Waals surface area contributed by atoms with Gasteiger partial charge in [-0.25, -0.2) is 9.78 Å². The third-order valence-electron chi connectivity index (χ3n) is 5.13. The Bertz CT molecular complexity index is 1050. The first kappa shape index (κ1) is 17.3. The van der Waals surface area contributed by atoms with Crippen LogP contribution in [0.3, 0.4) is 0 Å². The number of hydrogen-bond acceptors (Lipinski definition) is 3. The summed E-state index contributed by atoms with van der Waals surface area (Å²) in [6.45, 7) is 0. The van der Waals surface area contributed by atoms with E-state index in [2.05, 4.69) is 35.2 Å². The highest BCUT2D eigenvalue weighted by Crippen LogP contribution is 2.36. The van der Waals surface area contributed by atoms with E-state index in [0.717, 1.165) is 58.2 Å². The lowest BCUT2D eigenvalue weighted by molar-refractivity contribution is 0.0697. The van der Waals surface area contributed by atoms with Gasteiger partial charge in [0.1, 0.15) is 0 Å². The Kier molecular flexibility index (Phi) is 4.40. The standard InChI is InChI=1S/C23H22N2O2/c1-25(2)17-12-10-15(11-13-17)14-16-6-5-8-19-21(23(26)27)18-7-3-4-9-20(18)24-22(16)19/h3-4,7,9-14H,5-6,8H2,1-2H3,(H,26,27)/b16-14-. The summed E-state index contributed by atoms with van der Waals surface area (Å²) in [5.74, 6) is -0.874. The Morgan fingerprint density at radius 1 is 1.07 bits per heavy atom. The van der Waals surface area contributed by atoms with Crippen LogP contribution in [0, 0.1) is 0 Å². The third kappa shape index (κ3) is 3.19. The molecule has 0 radical (unpaired) electrons. The first-order valence-electron chi connectivity index (χ1n) is 9.18. The molecule has 1 aliphatic carbocycles. The number of fused-ring (bicyclic) bond motifs is 2. The summed E-state index contributed by atoms with van der Waals surface area (Å²) in [6.07, 6.45) is 4.75. The number of carboxylic acids is 1. The van der Waals surface area contributed by atoms with E-state index in [9.17, 15) is 9.90 Å². The molecule has 0 aliphatic heterocycles. The van der Waals surface area contributed by atoms with Crippen molar-refractivity contribution < 1.29 is 9.90 Å². The van der Waals surface area contributed by atoms with Crippen molar-refractivity contribution >= 4 is 34.2 Å². The molecular formula is C23H22N2O2. The summed E-state index contributed by atoms with van der Waals surface area (Å²) in [5, 5.41) is 10.6. The van der Waals surface area contributed by atoms with Gasteiger partial charge in [0.15, 0.2) is 0 Å². The minimum Gasteiger partial charge on any atom is -0.478 e. The summed E-state index contributed by atoms with van der Waals surface area (Å²) in [4.78, 5) is 18.9. The Hall–Kier alpha value is -3.14. The number of anilines is 1. The molecule has 0 saturated heterocycles. The molecule has 0 spiro atoms. The van der Waals surface area contributed by atoms with Gasteiger partial charge in [0.25, 0.3) is 0 Å². The lowest BCUT2D eigenvalue weighted by Gasteiger charge is -2.21. The van der Waals surface area contributed by atoms with E-state index in [0.29, 0.717) is 5.56 Å². The minimum atomic E-state index is -0.874. The van der Waals surface area contributed by atoms with Crippen LogP contribution in [0.1, 0.15) is 40.0 Å². The topological polar surface area (TPSA) is 53.4 Å². The fraction of sp³-hybridized carbons (Fsp3) is 0.217. The van der Waals surface area contributed by atoms with Crippen LogP contribution in [-0.4, -0.2) is 30.2 Å². The number of aromatic nitrogens is 1. The molecular weight excluding hydrogens is 336 g/mol. The molecule has 3 aromatic rings. The number of pyridine rings is 1. The predicted octanol–water partition coefficient (Wildman–Crippen LogP) is 4.88. The lowest BCUT2D eigenvalue weighted by atomic mass is 9.86. The van der Waals surface area contributed by atoms with E-state index in [4.69, 9.17) is 4.98 Å². The molecule has 0 fully saturated rings. The number of aromatic carboxylic acids is 1. The lowest BCUT2D eigenvalue weighted by Crippen LogP contribution is -2.13. The fourth-order valence-electron chi connectivity index (χ4n) is 3.79. The Morgan fingerprint density at radius 3 is 2.52 bits per heavy atom. The van der Waals surface area contributed by atoms with Crippen molar-refractivity contribution in [2.45, 2.75) is 19.3 Å². The van der Waals surface area contributed by atoms with Crippen LogP contribution < -0.4 is 4.90 Å².